The molecule has 0 aliphatic carbocycles. The molecular weight excluding hydrogens is 1320 g/mol. The Hall–Kier alpha value is -9.65. The summed E-state index contributed by atoms with van der Waals surface area (Å²) in [5, 5.41) is 34.3. The molecule has 36 heteroatoms. The number of carbonyl (C=O) groups is 12. The van der Waals surface area contributed by atoms with E-state index in [0.29, 0.717) is 67.1 Å². The molecule has 0 unspecified atom stereocenters. The second-order valence-corrected chi connectivity index (χ2v) is 24.9. The fourth-order valence-corrected chi connectivity index (χ4v) is 10.9. The molecule has 2 aromatic carbocycles. The van der Waals surface area contributed by atoms with Crippen molar-refractivity contribution in [3.05, 3.63) is 71.9 Å². The lowest BCUT2D eigenvalue weighted by molar-refractivity contribution is -0.142. The van der Waals surface area contributed by atoms with E-state index in [-0.39, 0.29) is 114 Å². The molecule has 10 atom stereocenters. The van der Waals surface area contributed by atoms with Crippen LogP contribution < -0.4 is 105 Å². The van der Waals surface area contributed by atoms with E-state index in [1.165, 1.54) is 11.8 Å². The number of hydrogen-bond donors (Lipinski definition) is 21. The second-order valence-electron chi connectivity index (χ2n) is 24.0. The molecule has 11 amide bonds. The van der Waals surface area contributed by atoms with E-state index >= 15 is 0 Å². The van der Waals surface area contributed by atoms with Crippen molar-refractivity contribution in [3.8, 4) is 0 Å². The Morgan fingerprint density at radius 2 is 0.820 bits per heavy atom. The first-order valence-electron chi connectivity index (χ1n) is 33.3. The van der Waals surface area contributed by atoms with E-state index in [0.717, 1.165) is 0 Å². The average molecular weight is 1420 g/mol. The van der Waals surface area contributed by atoms with Gasteiger partial charge in [-0.3, -0.25) is 62.7 Å². The maximum Gasteiger partial charge on any atom is 0.326 e. The summed E-state index contributed by atoms with van der Waals surface area (Å²) < 4.78 is 0. The largest absolute Gasteiger partial charge is 0.480 e. The van der Waals surface area contributed by atoms with E-state index in [9.17, 15) is 62.6 Å². The number of benzene rings is 2. The molecule has 0 saturated carbocycles. The van der Waals surface area contributed by atoms with Gasteiger partial charge in [-0.2, -0.15) is 11.8 Å². The van der Waals surface area contributed by atoms with Crippen LogP contribution in [-0.2, 0) is 70.4 Å². The van der Waals surface area contributed by atoms with Gasteiger partial charge in [-0.1, -0.05) is 48.5 Å². The molecule has 0 spiro atoms. The molecule has 35 nitrogen and oxygen atoms in total. The zero-order valence-corrected chi connectivity index (χ0v) is 57.5. The zero-order chi connectivity index (χ0) is 74.1. The van der Waals surface area contributed by atoms with Crippen molar-refractivity contribution in [3.63, 3.8) is 0 Å². The molecule has 31 N–H and O–H groups in total. The molecule has 554 valence electrons. The number of nitrogens with zero attached hydrogens (tertiary/aromatic N) is 2. The predicted molar refractivity (Wildman–Crippen MR) is 379 cm³/mol. The van der Waals surface area contributed by atoms with Crippen molar-refractivity contribution in [2.24, 2.45) is 67.3 Å². The molecule has 100 heavy (non-hydrogen) atoms. The maximum atomic E-state index is 14.8. The van der Waals surface area contributed by atoms with Crippen LogP contribution in [0.2, 0.25) is 0 Å². The average Bonchev–Trinajstić information content (AvgIpc) is 1.62. The Labute approximate surface area is 585 Å². The van der Waals surface area contributed by atoms with Gasteiger partial charge in [0.15, 0.2) is 11.9 Å². The third kappa shape index (κ3) is 32.4. The van der Waals surface area contributed by atoms with Crippen LogP contribution in [0.3, 0.4) is 0 Å². The lowest BCUT2D eigenvalue weighted by Crippen LogP contribution is -2.61. The first-order valence-corrected chi connectivity index (χ1v) is 34.7. The molecule has 0 fully saturated rings. The summed E-state index contributed by atoms with van der Waals surface area (Å²) in [4.78, 5) is 177. The van der Waals surface area contributed by atoms with E-state index in [1.807, 2.05) is 12.1 Å². The summed E-state index contributed by atoms with van der Waals surface area (Å²) >= 11 is 1.32. The Morgan fingerprint density at radius 3 is 1.26 bits per heavy atom. The first-order chi connectivity index (χ1) is 47.7. The fraction of sp³-hybridized carbons (Fsp3) is 0.562. The monoisotopic (exact) mass is 1420 g/mol. The smallest absolute Gasteiger partial charge is 0.326 e. The number of unbranched alkanes of at least 4 members (excludes halogenated alkanes) is 3. The quantitative estimate of drug-likeness (QED) is 0.0143. The number of aliphatic carboxylic acids is 1. The molecule has 1 heterocycles. The Balaban J connectivity index is 2.03. The Kier molecular flexibility index (Phi) is 39.4. The van der Waals surface area contributed by atoms with Gasteiger partial charge in [0, 0.05) is 43.0 Å². The minimum absolute atomic E-state index is 0.0124. The standard InChI is InChI=1S/C64H104N22O13S/c1-100-32-26-47(59(95)79-43(20-8-11-28-66)57(93)85-49(34-38-36-77-41-18-6-5-17-39(38)41)60(96)81-42(19-7-10-27-65)56(92)84-48(62(98)99)21-9-12-29-67)83-55(91)44(22-13-30-75-63(71)72)80-54(90)45(23-14-31-76-64(73)74)82-61(97)50(35-52(70)88)86-58(94)46(24-25-51(69)87)78-53(89)40(68)33-37-15-3-2-4-16-37/h2-6,15-18,36,40,42-50,77H,7-14,19-35,65-68H2,1H3,(H2,69,87)(H2,70,88)(H,78,89)(H,79,95)(H,80,90)(H,81,96)(H,82,97)(H,83,91)(H,84,92)(H,85,93)(H,86,94)(H,98,99)(H4,71,72,75)(H4,73,74,76)/t40-,42-,43-,44-,45-,46-,47-,48-,49-,50-/m0/s1. The molecule has 1 aromatic heterocycles. The lowest BCUT2D eigenvalue weighted by Gasteiger charge is -2.28. The van der Waals surface area contributed by atoms with Crippen LogP contribution in [-0.4, -0.2) is 198 Å². The molecule has 0 aliphatic heterocycles. The predicted octanol–water partition coefficient (Wildman–Crippen LogP) is -4.88. The van der Waals surface area contributed by atoms with Gasteiger partial charge in [0.2, 0.25) is 65.0 Å². The van der Waals surface area contributed by atoms with Crippen LogP contribution in [0.25, 0.3) is 10.9 Å². The molecule has 0 bridgehead atoms. The van der Waals surface area contributed by atoms with Crippen molar-refractivity contribution >= 4 is 106 Å². The summed E-state index contributed by atoms with van der Waals surface area (Å²) in [6.07, 6.45) is 3.81. The highest BCUT2D eigenvalue weighted by Gasteiger charge is 2.37. The third-order valence-corrected chi connectivity index (χ3v) is 16.5. The van der Waals surface area contributed by atoms with Gasteiger partial charge in [-0.15, -0.1) is 0 Å². The minimum atomic E-state index is -1.82. The highest BCUT2D eigenvalue weighted by Crippen LogP contribution is 2.20. The van der Waals surface area contributed by atoms with Crippen LogP contribution in [0.15, 0.2) is 70.8 Å². The van der Waals surface area contributed by atoms with Crippen molar-refractivity contribution in [2.45, 2.75) is 182 Å². The number of carboxylic acid groups (broad SMARTS) is 1. The molecule has 0 aliphatic rings. The molecule has 0 saturated heterocycles. The van der Waals surface area contributed by atoms with Crippen LogP contribution in [0.4, 0.5) is 0 Å². The number of carbonyl (C=O) groups excluding carboxylic acids is 11. The number of nitrogens with one attached hydrogen (secondary N) is 10. The Bertz CT molecular complexity index is 3210. The normalized spacial score (nSPS) is 14.1. The van der Waals surface area contributed by atoms with Gasteiger partial charge in [0.1, 0.15) is 54.4 Å². The highest BCUT2D eigenvalue weighted by molar-refractivity contribution is 7.98. The lowest BCUT2D eigenvalue weighted by atomic mass is 10.0. The summed E-state index contributed by atoms with van der Waals surface area (Å²) in [5.41, 5.74) is 58.8. The van der Waals surface area contributed by atoms with Gasteiger partial charge in [-0.25, -0.2) is 4.79 Å². The molecule has 3 aromatic rings. The third-order valence-electron chi connectivity index (χ3n) is 15.8. The summed E-state index contributed by atoms with van der Waals surface area (Å²) in [5.74, 6) is -11.7. The number of aromatic amines is 1. The minimum Gasteiger partial charge on any atom is -0.480 e. The maximum absolute atomic E-state index is 14.8. The Morgan fingerprint density at radius 1 is 0.440 bits per heavy atom. The van der Waals surface area contributed by atoms with Crippen LogP contribution in [0.1, 0.15) is 120 Å². The molecular formula is C64H104N22O13S. The van der Waals surface area contributed by atoms with Crippen LogP contribution >= 0.6 is 11.8 Å². The second kappa shape index (κ2) is 46.6. The number of guanidine groups is 2. The number of H-pyrrole nitrogens is 1. The van der Waals surface area contributed by atoms with Gasteiger partial charge in [0.05, 0.1) is 12.5 Å². The van der Waals surface area contributed by atoms with E-state index in [4.69, 9.17) is 57.3 Å². The first kappa shape index (κ1) is 84.6. The number of carboxylic acids is 1. The number of aromatic nitrogens is 1. The number of amides is 11. The van der Waals surface area contributed by atoms with Crippen LogP contribution in [0, 0.1) is 0 Å². The summed E-state index contributed by atoms with van der Waals surface area (Å²) in [7, 11) is 0. The number of fused-ring (bicyclic) bond motifs is 1. The summed E-state index contributed by atoms with van der Waals surface area (Å²) in [6.45, 7) is 0.654. The van der Waals surface area contributed by atoms with Crippen molar-refractivity contribution in [1.29, 1.82) is 0 Å². The van der Waals surface area contributed by atoms with E-state index in [2.05, 4.69) is 62.8 Å². The number of para-hydroxylation sites is 1. The van der Waals surface area contributed by atoms with Crippen molar-refractivity contribution < 1.29 is 62.6 Å². The number of thioether (sulfide) groups is 1. The number of nitrogens with two attached hydrogens (primary N) is 10. The fourth-order valence-electron chi connectivity index (χ4n) is 10.4. The van der Waals surface area contributed by atoms with Crippen molar-refractivity contribution in [1.82, 2.24) is 52.8 Å². The highest BCUT2D eigenvalue weighted by atomic mass is 32.2. The number of hydrogen-bond acceptors (Lipinski definition) is 19. The zero-order valence-electron chi connectivity index (χ0n) is 56.6. The van der Waals surface area contributed by atoms with Crippen molar-refractivity contribution in [2.75, 3.05) is 44.7 Å². The number of primary amides is 2. The number of aliphatic imine (C=N–C) groups is 2. The van der Waals surface area contributed by atoms with Gasteiger partial charge >= 0.3 is 5.97 Å². The van der Waals surface area contributed by atoms with Gasteiger partial charge in [0.25, 0.3) is 0 Å². The summed E-state index contributed by atoms with van der Waals surface area (Å²) in [6, 6.07) is 1.49. The molecule has 3 rings (SSSR count). The number of rotatable bonds is 51. The van der Waals surface area contributed by atoms with Gasteiger partial charge in [-0.05, 0) is 152 Å². The van der Waals surface area contributed by atoms with Crippen LogP contribution in [0.5, 0.6) is 0 Å². The van der Waals surface area contributed by atoms with Gasteiger partial charge < -0.3 is 115 Å². The van der Waals surface area contributed by atoms with E-state index < -0.39 is 144 Å². The SMILES string of the molecule is CSCC[C@H](NC(=O)[C@H](CCCN=C(N)N)NC(=O)[C@H](CCCN=C(N)N)NC(=O)[C@H](CC(N)=O)NC(=O)[C@H](CCC(N)=O)NC(=O)[C@@H](N)Cc1ccccc1)C(=O)N[C@@H](CCCCN)C(=O)N[C@@H](Cc1c[nH]c2ccccc12)C(=O)N[C@@H](CCCCN)C(=O)N[C@@H](CCCCN)C(=O)O. The molecule has 0 radical (unpaired) electrons. The topological polar surface area (TPSA) is 634 Å². The van der Waals surface area contributed by atoms with E-state index in [1.54, 1.807) is 54.9 Å².